The summed E-state index contributed by atoms with van der Waals surface area (Å²) in [6.45, 7) is 3.17. The largest absolute Gasteiger partial charge is 0.492 e. The third-order valence-electron chi connectivity index (χ3n) is 3.48. The minimum absolute atomic E-state index is 0.230. The quantitative estimate of drug-likeness (QED) is 0.791. The van der Waals surface area contributed by atoms with Crippen LogP contribution in [0.1, 0.15) is 21.5 Å². The Morgan fingerprint density at radius 3 is 3.14 bits per heavy atom. The molecule has 0 aliphatic carbocycles. The first kappa shape index (κ1) is 14.4. The van der Waals surface area contributed by atoms with Gasteiger partial charge >= 0.3 is 0 Å². The number of para-hydroxylation sites is 1. The van der Waals surface area contributed by atoms with Crippen LogP contribution < -0.4 is 10.1 Å². The number of methoxy groups -OCH3 is 1. The van der Waals surface area contributed by atoms with Gasteiger partial charge in [-0.3, -0.25) is 0 Å². The molecule has 0 spiro atoms. The molecule has 1 aliphatic heterocycles. The molecule has 6 heteroatoms. The summed E-state index contributed by atoms with van der Waals surface area (Å²) >= 11 is 1.68. The number of nitrogens with one attached hydrogen (secondary N) is 1. The van der Waals surface area contributed by atoms with Crippen LogP contribution in [0.4, 0.5) is 0 Å². The van der Waals surface area contributed by atoms with E-state index in [1.807, 2.05) is 18.2 Å². The Morgan fingerprint density at radius 2 is 2.24 bits per heavy atom. The van der Waals surface area contributed by atoms with E-state index in [2.05, 4.69) is 21.6 Å². The fraction of sp³-hybridized carbons (Fsp3) is 0.467. The van der Waals surface area contributed by atoms with E-state index < -0.39 is 0 Å². The molecule has 1 aliphatic rings. The number of rotatable bonds is 7. The van der Waals surface area contributed by atoms with Crippen molar-refractivity contribution in [3.05, 3.63) is 39.8 Å². The summed E-state index contributed by atoms with van der Waals surface area (Å²) in [5.74, 6) is 1.20. The predicted octanol–water partition coefficient (Wildman–Crippen LogP) is 1.84. The Morgan fingerprint density at radius 1 is 1.33 bits per heavy atom. The van der Waals surface area contributed by atoms with Gasteiger partial charge in [0.15, 0.2) is 0 Å². The van der Waals surface area contributed by atoms with Crippen LogP contribution in [0.5, 0.6) is 5.75 Å². The summed E-state index contributed by atoms with van der Waals surface area (Å²) in [7, 11) is 1.71. The van der Waals surface area contributed by atoms with Crippen molar-refractivity contribution in [2.45, 2.75) is 12.3 Å². The van der Waals surface area contributed by atoms with Crippen LogP contribution in [0.25, 0.3) is 0 Å². The molecule has 0 amide bonds. The van der Waals surface area contributed by atoms with E-state index in [9.17, 15) is 0 Å². The van der Waals surface area contributed by atoms with Gasteiger partial charge in [0.05, 0.1) is 12.5 Å². The summed E-state index contributed by atoms with van der Waals surface area (Å²) < 4.78 is 10.7. The third-order valence-corrected chi connectivity index (χ3v) is 4.58. The standard InChI is InChI=1S/C15H19N3O2S/c1-19-9-8-16-7-6-14-17-18-15(21-14)12-10-20-13-5-3-2-4-11(12)13/h2-5,12,16H,6-10H2,1H3. The van der Waals surface area contributed by atoms with Crippen molar-refractivity contribution in [1.29, 1.82) is 0 Å². The van der Waals surface area contributed by atoms with Crippen molar-refractivity contribution in [3.63, 3.8) is 0 Å². The van der Waals surface area contributed by atoms with Crippen molar-refractivity contribution in [2.75, 3.05) is 33.4 Å². The van der Waals surface area contributed by atoms with E-state index in [1.165, 1.54) is 5.56 Å². The molecule has 1 N–H and O–H groups in total. The van der Waals surface area contributed by atoms with Gasteiger partial charge in [-0.05, 0) is 6.07 Å². The average molecular weight is 305 g/mol. The first-order valence-corrected chi connectivity index (χ1v) is 7.94. The summed E-state index contributed by atoms with van der Waals surface area (Å²) in [6.07, 6.45) is 0.899. The molecule has 1 atom stereocenters. The Bertz CT molecular complexity index is 588. The molecular formula is C15H19N3O2S. The van der Waals surface area contributed by atoms with Crippen LogP contribution in [0.3, 0.4) is 0 Å². The van der Waals surface area contributed by atoms with Gasteiger partial charge in [0.25, 0.3) is 0 Å². The molecule has 1 aromatic heterocycles. The summed E-state index contributed by atoms with van der Waals surface area (Å²) in [4.78, 5) is 0. The highest BCUT2D eigenvalue weighted by molar-refractivity contribution is 7.11. The molecule has 0 radical (unpaired) electrons. The maximum absolute atomic E-state index is 5.71. The lowest BCUT2D eigenvalue weighted by Crippen LogP contribution is -2.21. The zero-order chi connectivity index (χ0) is 14.5. The normalized spacial score (nSPS) is 16.7. The van der Waals surface area contributed by atoms with Gasteiger partial charge in [0.2, 0.25) is 0 Å². The van der Waals surface area contributed by atoms with E-state index in [1.54, 1.807) is 18.4 Å². The Hall–Kier alpha value is -1.50. The molecule has 0 fully saturated rings. The van der Waals surface area contributed by atoms with Crippen molar-refractivity contribution in [3.8, 4) is 5.75 Å². The molecule has 3 rings (SSSR count). The SMILES string of the molecule is COCCNCCc1nnc(C2COc3ccccc32)s1. The van der Waals surface area contributed by atoms with Crippen LogP contribution >= 0.6 is 11.3 Å². The second-order valence-electron chi connectivity index (χ2n) is 4.93. The van der Waals surface area contributed by atoms with Crippen LogP contribution in [0.15, 0.2) is 24.3 Å². The molecule has 2 aromatic rings. The number of hydrogen-bond acceptors (Lipinski definition) is 6. The van der Waals surface area contributed by atoms with Gasteiger partial charge in [-0.2, -0.15) is 0 Å². The molecule has 1 unspecified atom stereocenters. The van der Waals surface area contributed by atoms with E-state index in [-0.39, 0.29) is 5.92 Å². The molecule has 1 aromatic carbocycles. The van der Waals surface area contributed by atoms with E-state index >= 15 is 0 Å². The number of ether oxygens (including phenoxy) is 2. The monoisotopic (exact) mass is 305 g/mol. The van der Waals surface area contributed by atoms with E-state index in [4.69, 9.17) is 9.47 Å². The Labute approximate surface area is 128 Å². The lowest BCUT2D eigenvalue weighted by molar-refractivity contribution is 0.199. The molecule has 2 heterocycles. The van der Waals surface area contributed by atoms with Gasteiger partial charge in [0, 0.05) is 32.2 Å². The molecule has 0 bridgehead atoms. The van der Waals surface area contributed by atoms with E-state index in [0.717, 1.165) is 41.9 Å². The summed E-state index contributed by atoms with van der Waals surface area (Å²) in [5.41, 5.74) is 1.22. The lowest BCUT2D eigenvalue weighted by atomic mass is 10.0. The molecule has 112 valence electrons. The predicted molar refractivity (Wildman–Crippen MR) is 82.1 cm³/mol. The number of benzene rings is 1. The van der Waals surface area contributed by atoms with Gasteiger partial charge in [0.1, 0.15) is 22.4 Å². The zero-order valence-corrected chi connectivity index (χ0v) is 12.9. The average Bonchev–Trinajstić information content (AvgIpc) is 3.13. The highest BCUT2D eigenvalue weighted by Crippen LogP contribution is 2.38. The van der Waals surface area contributed by atoms with Crippen molar-refractivity contribution >= 4 is 11.3 Å². The van der Waals surface area contributed by atoms with Crippen molar-refractivity contribution in [2.24, 2.45) is 0 Å². The zero-order valence-electron chi connectivity index (χ0n) is 12.0. The van der Waals surface area contributed by atoms with Crippen LogP contribution in [0.2, 0.25) is 0 Å². The van der Waals surface area contributed by atoms with Crippen molar-refractivity contribution < 1.29 is 9.47 Å². The Kier molecular flexibility index (Phi) is 4.80. The van der Waals surface area contributed by atoms with E-state index in [0.29, 0.717) is 6.61 Å². The van der Waals surface area contributed by atoms with Gasteiger partial charge in [-0.15, -0.1) is 21.5 Å². The summed E-state index contributed by atoms with van der Waals surface area (Å²) in [6, 6.07) is 8.16. The number of hydrogen-bond donors (Lipinski definition) is 1. The first-order valence-electron chi connectivity index (χ1n) is 7.12. The minimum atomic E-state index is 0.230. The maximum atomic E-state index is 5.71. The van der Waals surface area contributed by atoms with Gasteiger partial charge in [-0.25, -0.2) is 0 Å². The highest BCUT2D eigenvalue weighted by atomic mass is 32.1. The van der Waals surface area contributed by atoms with Gasteiger partial charge in [-0.1, -0.05) is 18.2 Å². The molecule has 0 saturated heterocycles. The molecule has 5 nitrogen and oxygen atoms in total. The third kappa shape index (κ3) is 3.40. The fourth-order valence-corrected chi connectivity index (χ4v) is 3.32. The number of aromatic nitrogens is 2. The number of fused-ring (bicyclic) bond motifs is 1. The van der Waals surface area contributed by atoms with Crippen molar-refractivity contribution in [1.82, 2.24) is 15.5 Å². The maximum Gasteiger partial charge on any atom is 0.128 e. The second kappa shape index (κ2) is 6.98. The fourth-order valence-electron chi connectivity index (χ4n) is 2.37. The van der Waals surface area contributed by atoms with Crippen LogP contribution in [-0.4, -0.2) is 43.6 Å². The second-order valence-corrected chi connectivity index (χ2v) is 6.02. The van der Waals surface area contributed by atoms with Crippen LogP contribution in [-0.2, 0) is 11.2 Å². The number of nitrogens with zero attached hydrogens (tertiary/aromatic N) is 2. The molecule has 21 heavy (non-hydrogen) atoms. The highest BCUT2D eigenvalue weighted by Gasteiger charge is 2.28. The summed E-state index contributed by atoms with van der Waals surface area (Å²) in [5, 5.41) is 14.1. The smallest absolute Gasteiger partial charge is 0.128 e. The topological polar surface area (TPSA) is 56.3 Å². The van der Waals surface area contributed by atoms with Gasteiger partial charge < -0.3 is 14.8 Å². The molecular weight excluding hydrogens is 286 g/mol. The first-order chi connectivity index (χ1) is 10.4. The minimum Gasteiger partial charge on any atom is -0.492 e. The molecule has 0 saturated carbocycles. The Balaban J connectivity index is 1.58. The van der Waals surface area contributed by atoms with Crippen LogP contribution in [0, 0.1) is 0 Å². The lowest BCUT2D eigenvalue weighted by Gasteiger charge is -2.03.